The van der Waals surface area contributed by atoms with Crippen LogP contribution >= 0.6 is 11.6 Å². The van der Waals surface area contributed by atoms with E-state index in [-0.39, 0.29) is 5.75 Å². The van der Waals surface area contributed by atoms with E-state index in [1.165, 1.54) is 0 Å². The van der Waals surface area contributed by atoms with E-state index in [0.717, 1.165) is 0 Å². The Hall–Kier alpha value is -0.810. The second-order valence-electron chi connectivity index (χ2n) is 2.90. The Bertz CT molecular complexity index is 286. The first kappa shape index (κ1) is 12.3. The Morgan fingerprint density at radius 2 is 2.20 bits per heavy atom. The van der Waals surface area contributed by atoms with Crippen molar-refractivity contribution in [2.24, 2.45) is 0 Å². The van der Waals surface area contributed by atoms with Crippen molar-refractivity contribution in [2.75, 3.05) is 20.3 Å². The number of rotatable bonds is 6. The standard InChI is InChI=1S/C10H14ClNO3/c1-14-5-6-15-12-7-8-9(11)3-2-4-10(8)13/h2-4,12-13H,5-7H2,1H3. The predicted octanol–water partition coefficient (Wildman–Crippen LogP) is 1.71. The van der Waals surface area contributed by atoms with Gasteiger partial charge in [0.2, 0.25) is 0 Å². The first-order valence-corrected chi connectivity index (χ1v) is 4.93. The summed E-state index contributed by atoms with van der Waals surface area (Å²) in [5.41, 5.74) is 3.32. The van der Waals surface area contributed by atoms with Crippen molar-refractivity contribution in [1.29, 1.82) is 0 Å². The zero-order valence-electron chi connectivity index (χ0n) is 8.50. The molecule has 0 aliphatic carbocycles. The van der Waals surface area contributed by atoms with Crippen molar-refractivity contribution in [3.63, 3.8) is 0 Å². The molecule has 0 aliphatic rings. The minimum atomic E-state index is 0.158. The van der Waals surface area contributed by atoms with Crippen molar-refractivity contribution >= 4 is 11.6 Å². The predicted molar refractivity (Wildman–Crippen MR) is 57.8 cm³/mol. The van der Waals surface area contributed by atoms with Gasteiger partial charge < -0.3 is 9.84 Å². The fraction of sp³-hybridized carbons (Fsp3) is 0.400. The summed E-state index contributed by atoms with van der Waals surface area (Å²) in [6.45, 7) is 1.32. The third kappa shape index (κ3) is 4.05. The van der Waals surface area contributed by atoms with Crippen LogP contribution in [0.3, 0.4) is 0 Å². The molecule has 84 valence electrons. The van der Waals surface area contributed by atoms with E-state index in [1.807, 2.05) is 0 Å². The molecule has 0 bridgehead atoms. The van der Waals surface area contributed by atoms with Gasteiger partial charge in [0.25, 0.3) is 0 Å². The molecule has 0 unspecified atom stereocenters. The second kappa shape index (κ2) is 6.63. The monoisotopic (exact) mass is 231 g/mol. The highest BCUT2D eigenvalue weighted by Crippen LogP contribution is 2.24. The normalized spacial score (nSPS) is 10.5. The van der Waals surface area contributed by atoms with Gasteiger partial charge in [-0.15, -0.1) is 0 Å². The van der Waals surface area contributed by atoms with Crippen molar-refractivity contribution in [3.8, 4) is 5.75 Å². The first-order chi connectivity index (χ1) is 7.25. The van der Waals surface area contributed by atoms with E-state index in [0.29, 0.717) is 30.3 Å². The van der Waals surface area contributed by atoms with Crippen LogP contribution in [0.4, 0.5) is 0 Å². The number of phenols is 1. The summed E-state index contributed by atoms with van der Waals surface area (Å²) in [5.74, 6) is 0.158. The molecule has 5 heteroatoms. The van der Waals surface area contributed by atoms with Gasteiger partial charge in [0, 0.05) is 17.7 Å². The Balaban J connectivity index is 2.37. The van der Waals surface area contributed by atoms with Crippen LogP contribution in [0, 0.1) is 0 Å². The maximum absolute atomic E-state index is 9.49. The van der Waals surface area contributed by atoms with Gasteiger partial charge in [-0.3, -0.25) is 4.84 Å². The number of hydrogen-bond donors (Lipinski definition) is 2. The number of hydroxylamine groups is 1. The Kier molecular flexibility index (Phi) is 5.42. The molecule has 0 atom stereocenters. The molecule has 0 aromatic heterocycles. The lowest BCUT2D eigenvalue weighted by molar-refractivity contribution is 0.00323. The summed E-state index contributed by atoms with van der Waals surface area (Å²) in [6.07, 6.45) is 0. The minimum Gasteiger partial charge on any atom is -0.508 e. The highest BCUT2D eigenvalue weighted by molar-refractivity contribution is 6.31. The molecule has 0 saturated carbocycles. The highest BCUT2D eigenvalue weighted by Gasteiger charge is 2.04. The molecule has 0 saturated heterocycles. The van der Waals surface area contributed by atoms with E-state index < -0.39 is 0 Å². The number of phenolic OH excluding ortho intramolecular Hbond substituents is 1. The molecule has 4 nitrogen and oxygen atoms in total. The smallest absolute Gasteiger partial charge is 0.121 e. The number of methoxy groups -OCH3 is 1. The molecular weight excluding hydrogens is 218 g/mol. The molecule has 2 N–H and O–H groups in total. The molecule has 1 aromatic rings. The summed E-state index contributed by atoms with van der Waals surface area (Å²) in [4.78, 5) is 5.04. The third-order valence-corrected chi connectivity index (χ3v) is 2.19. The van der Waals surface area contributed by atoms with Gasteiger partial charge in [-0.2, -0.15) is 5.48 Å². The lowest BCUT2D eigenvalue weighted by Gasteiger charge is -2.08. The van der Waals surface area contributed by atoms with E-state index >= 15 is 0 Å². The van der Waals surface area contributed by atoms with Crippen molar-refractivity contribution in [2.45, 2.75) is 6.54 Å². The third-order valence-electron chi connectivity index (χ3n) is 1.83. The molecule has 0 aliphatic heterocycles. The lowest BCUT2D eigenvalue weighted by atomic mass is 10.2. The Morgan fingerprint density at radius 1 is 1.40 bits per heavy atom. The van der Waals surface area contributed by atoms with Gasteiger partial charge in [-0.1, -0.05) is 17.7 Å². The summed E-state index contributed by atoms with van der Waals surface area (Å²) < 4.78 is 4.80. The number of benzene rings is 1. The molecule has 0 fully saturated rings. The van der Waals surface area contributed by atoms with Gasteiger partial charge in [0.15, 0.2) is 0 Å². The zero-order chi connectivity index (χ0) is 11.1. The van der Waals surface area contributed by atoms with E-state index in [2.05, 4.69) is 5.48 Å². The molecule has 0 spiro atoms. The Labute approximate surface area is 93.7 Å². The summed E-state index contributed by atoms with van der Waals surface area (Å²) >= 11 is 5.89. The molecule has 15 heavy (non-hydrogen) atoms. The average Bonchev–Trinajstić information content (AvgIpc) is 2.21. The van der Waals surface area contributed by atoms with Crippen LogP contribution in [0.5, 0.6) is 5.75 Å². The topological polar surface area (TPSA) is 50.7 Å². The van der Waals surface area contributed by atoms with E-state index in [1.54, 1.807) is 25.3 Å². The van der Waals surface area contributed by atoms with Gasteiger partial charge in [0.1, 0.15) is 5.75 Å². The summed E-state index contributed by atoms with van der Waals surface area (Å²) in [7, 11) is 1.60. The fourth-order valence-electron chi connectivity index (χ4n) is 1.04. The lowest BCUT2D eigenvalue weighted by Crippen LogP contribution is -2.17. The molecule has 0 heterocycles. The highest BCUT2D eigenvalue weighted by atomic mass is 35.5. The zero-order valence-corrected chi connectivity index (χ0v) is 9.25. The summed E-state index contributed by atoms with van der Waals surface area (Å²) in [6, 6.07) is 4.98. The molecule has 0 amide bonds. The van der Waals surface area contributed by atoms with Crippen LogP contribution in [-0.4, -0.2) is 25.4 Å². The van der Waals surface area contributed by atoms with Crippen molar-refractivity contribution in [3.05, 3.63) is 28.8 Å². The number of hydrogen-bond acceptors (Lipinski definition) is 4. The largest absolute Gasteiger partial charge is 0.508 e. The Morgan fingerprint density at radius 3 is 2.87 bits per heavy atom. The van der Waals surface area contributed by atoms with Crippen LogP contribution in [-0.2, 0) is 16.1 Å². The number of nitrogens with one attached hydrogen (secondary N) is 1. The minimum absolute atomic E-state index is 0.158. The quantitative estimate of drug-likeness (QED) is 0.578. The maximum atomic E-state index is 9.49. The number of halogens is 1. The molecular formula is C10H14ClNO3. The fourth-order valence-corrected chi connectivity index (χ4v) is 1.28. The number of ether oxygens (including phenoxy) is 1. The molecule has 1 rings (SSSR count). The van der Waals surface area contributed by atoms with Crippen LogP contribution in [0.1, 0.15) is 5.56 Å². The molecule has 0 radical (unpaired) electrons. The van der Waals surface area contributed by atoms with Crippen LogP contribution in [0.2, 0.25) is 5.02 Å². The van der Waals surface area contributed by atoms with Gasteiger partial charge in [-0.05, 0) is 12.1 Å². The van der Waals surface area contributed by atoms with Crippen LogP contribution < -0.4 is 5.48 Å². The number of aromatic hydroxyl groups is 1. The van der Waals surface area contributed by atoms with Gasteiger partial charge >= 0.3 is 0 Å². The van der Waals surface area contributed by atoms with Crippen LogP contribution in [0.15, 0.2) is 18.2 Å². The second-order valence-corrected chi connectivity index (χ2v) is 3.31. The average molecular weight is 232 g/mol. The SMILES string of the molecule is COCCONCc1c(O)cccc1Cl. The van der Waals surface area contributed by atoms with E-state index in [9.17, 15) is 5.11 Å². The van der Waals surface area contributed by atoms with Gasteiger partial charge in [0.05, 0.1) is 19.8 Å². The first-order valence-electron chi connectivity index (χ1n) is 4.55. The van der Waals surface area contributed by atoms with Crippen LogP contribution in [0.25, 0.3) is 0 Å². The van der Waals surface area contributed by atoms with Crippen molar-refractivity contribution in [1.82, 2.24) is 5.48 Å². The van der Waals surface area contributed by atoms with Crippen molar-refractivity contribution < 1.29 is 14.7 Å². The maximum Gasteiger partial charge on any atom is 0.121 e. The summed E-state index contributed by atoms with van der Waals surface area (Å²) in [5, 5.41) is 10.0. The van der Waals surface area contributed by atoms with E-state index in [4.69, 9.17) is 21.2 Å². The van der Waals surface area contributed by atoms with Gasteiger partial charge in [-0.25, -0.2) is 0 Å². The molecule has 1 aromatic carbocycles.